The molecule has 2 aromatic carbocycles. The van der Waals surface area contributed by atoms with Gasteiger partial charge in [0, 0.05) is 30.7 Å². The van der Waals surface area contributed by atoms with Gasteiger partial charge in [-0.3, -0.25) is 19.8 Å². The van der Waals surface area contributed by atoms with Crippen LogP contribution in [-0.2, 0) is 4.74 Å². The molecule has 8 heteroatoms. The molecule has 0 unspecified atom stereocenters. The van der Waals surface area contributed by atoms with E-state index in [2.05, 4.69) is 10.2 Å². The number of carbonyl (C=O) groups is 1. The summed E-state index contributed by atoms with van der Waals surface area (Å²) < 4.78 is 5.39. The maximum atomic E-state index is 12.9. The maximum Gasteiger partial charge on any atom is 0.283 e. The third-order valence-electron chi connectivity index (χ3n) is 4.73. The standard InChI is InChI=1S/C20H22ClN3O4/c1-14-2-4-15(5-3-14)18(13-23-8-10-28-11-9-23)22-20(25)17-7-6-16(21)12-19(17)24(26)27/h2-7,12,18H,8-11,13H2,1H3,(H,22,25)/t18-/m1/s1. The molecule has 148 valence electrons. The number of nitro groups is 1. The number of hydrogen-bond donors (Lipinski definition) is 1. The van der Waals surface area contributed by atoms with Crippen LogP contribution in [0.3, 0.4) is 0 Å². The Hall–Kier alpha value is -2.48. The van der Waals surface area contributed by atoms with Gasteiger partial charge in [-0.2, -0.15) is 0 Å². The molecular formula is C20H22ClN3O4. The van der Waals surface area contributed by atoms with Crippen LogP contribution in [0, 0.1) is 17.0 Å². The molecule has 7 nitrogen and oxygen atoms in total. The molecule has 1 amide bonds. The number of nitrogens with zero attached hydrogens (tertiary/aromatic N) is 2. The number of amides is 1. The summed E-state index contributed by atoms with van der Waals surface area (Å²) in [5.41, 5.74) is 1.75. The minimum Gasteiger partial charge on any atom is -0.379 e. The van der Waals surface area contributed by atoms with E-state index in [9.17, 15) is 14.9 Å². The summed E-state index contributed by atoms with van der Waals surface area (Å²) >= 11 is 5.86. The molecule has 0 aromatic heterocycles. The van der Waals surface area contributed by atoms with Gasteiger partial charge in [-0.05, 0) is 24.6 Å². The third kappa shape index (κ3) is 5.07. The zero-order chi connectivity index (χ0) is 20.1. The maximum absolute atomic E-state index is 12.9. The first-order valence-electron chi connectivity index (χ1n) is 9.05. The van der Waals surface area contributed by atoms with E-state index < -0.39 is 10.8 Å². The molecule has 1 aliphatic heterocycles. The summed E-state index contributed by atoms with van der Waals surface area (Å²) in [5.74, 6) is -0.498. The molecule has 28 heavy (non-hydrogen) atoms. The fourth-order valence-electron chi connectivity index (χ4n) is 3.16. The average Bonchev–Trinajstić information content (AvgIpc) is 2.68. The summed E-state index contributed by atoms with van der Waals surface area (Å²) in [6.07, 6.45) is 0. The monoisotopic (exact) mass is 403 g/mol. The Morgan fingerprint density at radius 1 is 1.25 bits per heavy atom. The fourth-order valence-corrected chi connectivity index (χ4v) is 3.33. The van der Waals surface area contributed by atoms with E-state index in [0.29, 0.717) is 19.8 Å². The molecule has 1 heterocycles. The average molecular weight is 404 g/mol. The normalized spacial score (nSPS) is 15.8. The number of ether oxygens (including phenoxy) is 1. The van der Waals surface area contributed by atoms with Crippen LogP contribution < -0.4 is 5.32 Å². The van der Waals surface area contributed by atoms with E-state index in [1.165, 1.54) is 18.2 Å². The summed E-state index contributed by atoms with van der Waals surface area (Å²) in [7, 11) is 0. The Morgan fingerprint density at radius 2 is 1.93 bits per heavy atom. The number of morpholine rings is 1. The van der Waals surface area contributed by atoms with E-state index in [1.54, 1.807) is 0 Å². The van der Waals surface area contributed by atoms with Gasteiger partial charge in [-0.15, -0.1) is 0 Å². The van der Waals surface area contributed by atoms with Crippen LogP contribution >= 0.6 is 11.6 Å². The van der Waals surface area contributed by atoms with Crippen molar-refractivity contribution in [1.82, 2.24) is 10.2 Å². The van der Waals surface area contributed by atoms with Gasteiger partial charge in [-0.25, -0.2) is 0 Å². The van der Waals surface area contributed by atoms with E-state index in [4.69, 9.17) is 16.3 Å². The second kappa shape index (κ2) is 9.14. The van der Waals surface area contributed by atoms with Gasteiger partial charge in [0.2, 0.25) is 0 Å². The molecule has 3 rings (SSSR count). The number of nitrogens with one attached hydrogen (secondary N) is 1. The smallest absolute Gasteiger partial charge is 0.283 e. The molecule has 2 aromatic rings. The second-order valence-corrected chi connectivity index (χ2v) is 7.20. The summed E-state index contributed by atoms with van der Waals surface area (Å²) in [6.45, 7) is 5.45. The van der Waals surface area contributed by atoms with Crippen molar-refractivity contribution in [2.24, 2.45) is 0 Å². The minimum absolute atomic E-state index is 0.00603. The Labute approximate surface area is 168 Å². The van der Waals surface area contributed by atoms with E-state index in [1.807, 2.05) is 31.2 Å². The highest BCUT2D eigenvalue weighted by molar-refractivity contribution is 6.31. The van der Waals surface area contributed by atoms with Crippen molar-refractivity contribution in [2.45, 2.75) is 13.0 Å². The number of aryl methyl sites for hydroxylation is 1. The lowest BCUT2D eigenvalue weighted by Gasteiger charge is -2.31. The van der Waals surface area contributed by atoms with Crippen molar-refractivity contribution in [3.8, 4) is 0 Å². The SMILES string of the molecule is Cc1ccc([C@@H](CN2CCOCC2)NC(=O)c2ccc(Cl)cc2[N+](=O)[O-])cc1. The van der Waals surface area contributed by atoms with E-state index >= 15 is 0 Å². The van der Waals surface area contributed by atoms with Crippen molar-refractivity contribution in [3.63, 3.8) is 0 Å². The molecule has 0 bridgehead atoms. The van der Waals surface area contributed by atoms with E-state index in [-0.39, 0.29) is 22.3 Å². The van der Waals surface area contributed by atoms with Crippen LogP contribution in [0.2, 0.25) is 5.02 Å². The molecule has 0 saturated carbocycles. The minimum atomic E-state index is -0.594. The largest absolute Gasteiger partial charge is 0.379 e. The van der Waals surface area contributed by atoms with Gasteiger partial charge in [-0.1, -0.05) is 41.4 Å². The number of carbonyl (C=O) groups excluding carboxylic acids is 1. The lowest BCUT2D eigenvalue weighted by atomic mass is 10.0. The molecule has 1 atom stereocenters. The molecule has 1 N–H and O–H groups in total. The molecule has 1 fully saturated rings. The van der Waals surface area contributed by atoms with Gasteiger partial charge in [0.1, 0.15) is 5.56 Å². The lowest BCUT2D eigenvalue weighted by molar-refractivity contribution is -0.385. The first-order chi connectivity index (χ1) is 13.4. The van der Waals surface area contributed by atoms with Crippen LogP contribution in [0.15, 0.2) is 42.5 Å². The Balaban J connectivity index is 1.85. The number of nitro benzene ring substituents is 1. The highest BCUT2D eigenvalue weighted by Gasteiger charge is 2.25. The quantitative estimate of drug-likeness (QED) is 0.590. The highest BCUT2D eigenvalue weighted by atomic mass is 35.5. The number of benzene rings is 2. The van der Waals surface area contributed by atoms with Crippen molar-refractivity contribution in [1.29, 1.82) is 0 Å². The summed E-state index contributed by atoms with van der Waals surface area (Å²) in [6, 6.07) is 11.7. The number of halogens is 1. The van der Waals surface area contributed by atoms with Gasteiger partial charge in [0.05, 0.1) is 24.2 Å². The van der Waals surface area contributed by atoms with Crippen molar-refractivity contribution in [2.75, 3.05) is 32.8 Å². The molecule has 1 saturated heterocycles. The first kappa shape index (κ1) is 20.3. The Morgan fingerprint density at radius 3 is 2.57 bits per heavy atom. The van der Waals surface area contributed by atoms with Gasteiger partial charge in [0.15, 0.2) is 0 Å². The molecule has 0 radical (unpaired) electrons. The summed E-state index contributed by atoms with van der Waals surface area (Å²) in [4.78, 5) is 25.8. The lowest BCUT2D eigenvalue weighted by Crippen LogP contribution is -2.43. The van der Waals surface area contributed by atoms with Crippen LogP contribution in [0.25, 0.3) is 0 Å². The zero-order valence-electron chi connectivity index (χ0n) is 15.6. The predicted octanol–water partition coefficient (Wildman–Crippen LogP) is 3.36. The predicted molar refractivity (Wildman–Crippen MR) is 107 cm³/mol. The fraction of sp³-hybridized carbons (Fsp3) is 0.350. The third-order valence-corrected chi connectivity index (χ3v) is 4.97. The number of rotatable bonds is 6. The van der Waals surface area contributed by atoms with Crippen molar-refractivity contribution >= 4 is 23.2 Å². The topological polar surface area (TPSA) is 84.7 Å². The van der Waals surface area contributed by atoms with Crippen LogP contribution in [-0.4, -0.2) is 48.6 Å². The second-order valence-electron chi connectivity index (χ2n) is 6.77. The molecule has 1 aliphatic rings. The zero-order valence-corrected chi connectivity index (χ0v) is 16.3. The molecular weight excluding hydrogens is 382 g/mol. The van der Waals surface area contributed by atoms with Crippen molar-refractivity contribution < 1.29 is 14.5 Å². The van der Waals surface area contributed by atoms with Gasteiger partial charge < -0.3 is 10.1 Å². The number of hydrogen-bond acceptors (Lipinski definition) is 5. The van der Waals surface area contributed by atoms with Crippen LogP contribution in [0.4, 0.5) is 5.69 Å². The van der Waals surface area contributed by atoms with Gasteiger partial charge in [0.25, 0.3) is 11.6 Å². The van der Waals surface area contributed by atoms with Crippen molar-refractivity contribution in [3.05, 3.63) is 74.3 Å². The molecule has 0 aliphatic carbocycles. The first-order valence-corrected chi connectivity index (χ1v) is 9.43. The Bertz CT molecular complexity index is 851. The van der Waals surface area contributed by atoms with Gasteiger partial charge >= 0.3 is 0 Å². The Kier molecular flexibility index (Phi) is 6.61. The summed E-state index contributed by atoms with van der Waals surface area (Å²) in [5, 5.41) is 14.5. The molecule has 0 spiro atoms. The van der Waals surface area contributed by atoms with Crippen LogP contribution in [0.5, 0.6) is 0 Å². The van der Waals surface area contributed by atoms with E-state index in [0.717, 1.165) is 24.2 Å². The highest BCUT2D eigenvalue weighted by Crippen LogP contribution is 2.24. The van der Waals surface area contributed by atoms with Crippen LogP contribution in [0.1, 0.15) is 27.5 Å².